The smallest absolute Gasteiger partial charge is 0.334 e. The lowest BCUT2D eigenvalue weighted by molar-refractivity contribution is -0.171. The monoisotopic (exact) mass is 556 g/mol. The van der Waals surface area contributed by atoms with Crippen LogP contribution in [0, 0.1) is 29.1 Å². The second kappa shape index (κ2) is 7.89. The van der Waals surface area contributed by atoms with Gasteiger partial charge in [0.2, 0.25) is 11.5 Å². The largest absolute Gasteiger partial charge is 0.472 e. The second-order valence-corrected chi connectivity index (χ2v) is 14.0. The van der Waals surface area contributed by atoms with Crippen LogP contribution in [0.1, 0.15) is 61.3 Å². The number of hydrogen-bond donors (Lipinski definition) is 2. The summed E-state index contributed by atoms with van der Waals surface area (Å²) in [5.74, 6) is -0.778. The van der Waals surface area contributed by atoms with E-state index >= 15 is 0 Å². The van der Waals surface area contributed by atoms with Crippen molar-refractivity contribution in [1.29, 1.82) is 0 Å². The molecule has 0 aromatic carbocycles. The third-order valence-electron chi connectivity index (χ3n) is 11.1. The number of epoxide rings is 3. The highest BCUT2D eigenvalue weighted by Gasteiger charge is 3.01. The van der Waals surface area contributed by atoms with Crippen molar-refractivity contribution < 1.29 is 38.1 Å². The number of esters is 2. The fourth-order valence-electron chi connectivity index (χ4n) is 8.53. The minimum atomic E-state index is -0.975. The number of carbonyl (C=O) groups is 3. The molecule has 0 bridgehead atoms. The van der Waals surface area contributed by atoms with Crippen molar-refractivity contribution in [3.63, 3.8) is 0 Å². The van der Waals surface area contributed by atoms with Crippen molar-refractivity contribution in [2.45, 2.75) is 109 Å². The Kier molecular flexibility index (Phi) is 5.22. The maximum atomic E-state index is 13.9. The molecule has 0 radical (unpaired) electrons. The molecule has 3 N–H and O–H groups in total. The summed E-state index contributed by atoms with van der Waals surface area (Å²) in [7, 11) is 0. The lowest BCUT2D eigenvalue weighted by Gasteiger charge is -2.50. The molecule has 3 aliphatic carbocycles. The molecule has 1 amide bonds. The van der Waals surface area contributed by atoms with Gasteiger partial charge in [-0.15, -0.1) is 0 Å². The number of nitrogens with two attached hydrogens (primary N) is 1. The van der Waals surface area contributed by atoms with Gasteiger partial charge in [-0.1, -0.05) is 48.5 Å². The molecular weight excluding hydrogens is 516 g/mol. The fourth-order valence-corrected chi connectivity index (χ4v) is 8.53. The van der Waals surface area contributed by atoms with Crippen LogP contribution >= 0.6 is 0 Å². The first kappa shape index (κ1) is 26.5. The summed E-state index contributed by atoms with van der Waals surface area (Å²) < 4.78 is 31.6. The van der Waals surface area contributed by atoms with Crippen LogP contribution in [0.5, 0.6) is 0 Å². The Morgan fingerprint density at radius 1 is 1.10 bits per heavy atom. The summed E-state index contributed by atoms with van der Waals surface area (Å²) in [5.41, 5.74) is 4.97. The first-order valence-electron chi connectivity index (χ1n) is 14.7. The Morgan fingerprint density at radius 3 is 2.48 bits per heavy atom. The predicted molar refractivity (Wildman–Crippen MR) is 140 cm³/mol. The van der Waals surface area contributed by atoms with E-state index in [1.165, 1.54) is 0 Å². The van der Waals surface area contributed by atoms with Gasteiger partial charge in [-0.05, 0) is 42.2 Å². The van der Waals surface area contributed by atoms with E-state index in [9.17, 15) is 14.4 Å². The van der Waals surface area contributed by atoms with Gasteiger partial charge in [0, 0.05) is 16.9 Å². The van der Waals surface area contributed by atoms with Gasteiger partial charge in [-0.3, -0.25) is 4.79 Å². The van der Waals surface area contributed by atoms with Gasteiger partial charge >= 0.3 is 11.9 Å². The number of ether oxygens (including phenoxy) is 5. The van der Waals surface area contributed by atoms with Crippen molar-refractivity contribution in [3.8, 4) is 0 Å². The Bertz CT molecular complexity index is 1290. The molecule has 0 aromatic rings. The lowest BCUT2D eigenvalue weighted by Crippen LogP contribution is -2.68. The van der Waals surface area contributed by atoms with Crippen LogP contribution in [0.4, 0.5) is 0 Å². The normalized spacial score (nSPS) is 44.6. The SMILES string of the molecule is CC(C)[C@@H](N)C(=O)N[C@@H](C(=O)O[C@H]1C23OC2=C[C@H]2C4=C(CC[C@]2(C)C32O[C@H]2[C@@H]2O[C@@]21C(C)C)C(=O)OC4)C(C)C. The number of fused-ring (bicyclic) bond motifs is 4. The van der Waals surface area contributed by atoms with E-state index in [0.717, 1.165) is 23.3 Å². The predicted octanol–water partition coefficient (Wildman–Crippen LogP) is 1.90. The van der Waals surface area contributed by atoms with E-state index in [1.54, 1.807) is 0 Å². The van der Waals surface area contributed by atoms with Crippen molar-refractivity contribution in [1.82, 2.24) is 5.32 Å². The zero-order chi connectivity index (χ0) is 28.7. The van der Waals surface area contributed by atoms with Gasteiger partial charge in [-0.2, -0.15) is 0 Å². The van der Waals surface area contributed by atoms with E-state index in [2.05, 4.69) is 32.2 Å². The van der Waals surface area contributed by atoms with Crippen LogP contribution in [-0.2, 0) is 38.1 Å². The third-order valence-corrected chi connectivity index (χ3v) is 11.1. The molecule has 4 fully saturated rings. The molecule has 4 aliphatic heterocycles. The third kappa shape index (κ3) is 2.88. The van der Waals surface area contributed by atoms with Gasteiger partial charge in [-0.25, -0.2) is 9.59 Å². The van der Waals surface area contributed by atoms with Crippen molar-refractivity contribution >= 4 is 17.8 Å². The van der Waals surface area contributed by atoms with Gasteiger partial charge in [0.25, 0.3) is 0 Å². The van der Waals surface area contributed by atoms with E-state index in [1.807, 2.05) is 27.7 Å². The van der Waals surface area contributed by atoms with Crippen LogP contribution in [-0.4, -0.2) is 71.7 Å². The summed E-state index contributed by atoms with van der Waals surface area (Å²) in [6.07, 6.45) is 2.23. The van der Waals surface area contributed by atoms with Gasteiger partial charge in [0.1, 0.15) is 36.2 Å². The van der Waals surface area contributed by atoms with Crippen molar-refractivity contribution in [2.24, 2.45) is 34.8 Å². The van der Waals surface area contributed by atoms with Crippen LogP contribution in [0.15, 0.2) is 23.0 Å². The summed E-state index contributed by atoms with van der Waals surface area (Å²) in [5, 5.41) is 2.84. The number of amides is 1. The first-order valence-corrected chi connectivity index (χ1v) is 14.7. The van der Waals surface area contributed by atoms with E-state index in [-0.39, 0.29) is 54.4 Å². The zero-order valence-corrected chi connectivity index (χ0v) is 24.2. The Hall–Kier alpha value is -2.43. The quantitative estimate of drug-likeness (QED) is 0.355. The zero-order valence-electron chi connectivity index (χ0n) is 24.2. The topological polar surface area (TPSA) is 145 Å². The molecule has 10 heteroatoms. The summed E-state index contributed by atoms with van der Waals surface area (Å²) >= 11 is 0. The molecule has 7 aliphatic rings. The average molecular weight is 557 g/mol. The van der Waals surface area contributed by atoms with Gasteiger partial charge in [0.15, 0.2) is 11.7 Å². The molecule has 218 valence electrons. The van der Waals surface area contributed by atoms with Crippen LogP contribution < -0.4 is 11.1 Å². The highest BCUT2D eigenvalue weighted by Crippen LogP contribution is 2.83. The molecule has 3 saturated heterocycles. The number of rotatable bonds is 7. The first-order chi connectivity index (χ1) is 18.8. The molecule has 10 atom stereocenters. The van der Waals surface area contributed by atoms with Crippen molar-refractivity contribution in [2.75, 3.05) is 6.61 Å². The average Bonchev–Trinajstić information content (AvgIpc) is 3.80. The Balaban J connectivity index is 1.26. The van der Waals surface area contributed by atoms with E-state index in [4.69, 9.17) is 29.4 Å². The molecule has 2 spiro atoms. The molecule has 4 heterocycles. The molecule has 7 rings (SSSR count). The maximum Gasteiger partial charge on any atom is 0.334 e. The number of nitrogens with one attached hydrogen (secondary N) is 1. The molecule has 0 aromatic heterocycles. The van der Waals surface area contributed by atoms with E-state index < -0.39 is 46.4 Å². The Morgan fingerprint density at radius 2 is 1.82 bits per heavy atom. The van der Waals surface area contributed by atoms with Crippen molar-refractivity contribution in [3.05, 3.63) is 23.0 Å². The fraction of sp³-hybridized carbons (Fsp3) is 0.767. The second-order valence-electron chi connectivity index (χ2n) is 14.0. The molecule has 10 nitrogen and oxygen atoms in total. The lowest BCUT2D eigenvalue weighted by atomic mass is 9.48. The van der Waals surface area contributed by atoms with Crippen LogP contribution in [0.2, 0.25) is 0 Å². The highest BCUT2D eigenvalue weighted by atomic mass is 16.8. The number of cyclic esters (lactones) is 1. The van der Waals surface area contributed by atoms with Gasteiger partial charge in [0.05, 0.1) is 6.04 Å². The maximum absolute atomic E-state index is 13.9. The molecular formula is C30H40N2O8. The Labute approximate surface area is 234 Å². The summed E-state index contributed by atoms with van der Waals surface area (Å²) in [6.45, 7) is 14.1. The number of hydrogen-bond acceptors (Lipinski definition) is 9. The standard InChI is InChI=1S/C30H40N2O8/c1-12(2)19(31)23(33)32-20(13(3)4)25(35)37-26-28(14(5)6)21(39-28)22-30(40-22)27(7)9-8-15-16(11-36-24(15)34)17(27)10-18-29(26,30)38-18/h10,12-14,17,19-22,26H,8-9,11,31H2,1-7H3,(H,32,33)/t17-,19+,20+,21-,22-,26+,27-,28-,29?,30?/m0/s1. The summed E-state index contributed by atoms with van der Waals surface area (Å²) in [4.78, 5) is 39.1. The van der Waals surface area contributed by atoms with E-state index in [0.29, 0.717) is 6.42 Å². The molecule has 2 unspecified atom stereocenters. The molecule has 40 heavy (non-hydrogen) atoms. The minimum Gasteiger partial charge on any atom is -0.472 e. The van der Waals surface area contributed by atoms with Crippen LogP contribution in [0.3, 0.4) is 0 Å². The van der Waals surface area contributed by atoms with Crippen LogP contribution in [0.25, 0.3) is 0 Å². The minimum absolute atomic E-state index is 0.0193. The summed E-state index contributed by atoms with van der Waals surface area (Å²) in [6, 6.07) is -1.62. The molecule has 1 saturated carbocycles. The number of allylic oxidation sites excluding steroid dienone is 1. The highest BCUT2D eigenvalue weighted by molar-refractivity contribution is 5.92. The number of carbonyl (C=O) groups excluding carboxylic acids is 3. The van der Waals surface area contributed by atoms with Gasteiger partial charge < -0.3 is 34.7 Å².